The van der Waals surface area contributed by atoms with Crippen LogP contribution in [0, 0.1) is 5.41 Å². The average molecular weight is 282 g/mol. The molecule has 0 saturated carbocycles. The third-order valence-electron chi connectivity index (χ3n) is 4.01. The van der Waals surface area contributed by atoms with E-state index in [9.17, 15) is 0 Å². The van der Waals surface area contributed by atoms with Gasteiger partial charge in [0.1, 0.15) is 0 Å². The molecule has 3 heteroatoms. The van der Waals surface area contributed by atoms with Crippen molar-refractivity contribution in [2.24, 2.45) is 5.41 Å². The molecule has 0 aliphatic carbocycles. The summed E-state index contributed by atoms with van der Waals surface area (Å²) >= 11 is 4.48. The van der Waals surface area contributed by atoms with Gasteiger partial charge in [-0.15, -0.1) is 0 Å². The molecule has 108 valence electrons. The molecule has 19 heavy (non-hydrogen) atoms. The molecular weight excluding hydrogens is 256 g/mol. The highest BCUT2D eigenvalue weighted by Crippen LogP contribution is 2.33. The maximum Gasteiger partial charge on any atom is 0.161 e. The summed E-state index contributed by atoms with van der Waals surface area (Å²) in [5.41, 5.74) is 1.41. The normalized spacial score (nSPS) is 11.4. The van der Waals surface area contributed by atoms with E-state index < -0.39 is 0 Å². The zero-order valence-corrected chi connectivity index (χ0v) is 13.4. The quantitative estimate of drug-likeness (QED) is 0.714. The second-order valence-corrected chi connectivity index (χ2v) is 5.31. The van der Waals surface area contributed by atoms with E-state index in [0.29, 0.717) is 6.61 Å². The lowest BCUT2D eigenvalue weighted by molar-refractivity contribution is 0.153. The molecule has 1 rings (SSSR count). The molecule has 0 bridgehead atoms. The summed E-state index contributed by atoms with van der Waals surface area (Å²) in [6.45, 7) is 7.21. The second-order valence-electron chi connectivity index (χ2n) is 4.99. The number of ether oxygens (including phenoxy) is 2. The van der Waals surface area contributed by atoms with Crippen molar-refractivity contribution in [3.8, 4) is 11.5 Å². The maximum atomic E-state index is 5.99. The van der Waals surface area contributed by atoms with Crippen LogP contribution in [0.3, 0.4) is 0 Å². The van der Waals surface area contributed by atoms with Crippen LogP contribution < -0.4 is 9.47 Å². The van der Waals surface area contributed by atoms with Crippen LogP contribution in [0.2, 0.25) is 0 Å². The zero-order valence-electron chi connectivity index (χ0n) is 12.5. The number of hydrogen-bond acceptors (Lipinski definition) is 3. The first-order valence-electron chi connectivity index (χ1n) is 7.05. The molecule has 0 aromatic heterocycles. The minimum absolute atomic E-state index is 0.150. The van der Waals surface area contributed by atoms with Crippen LogP contribution in [-0.2, 0) is 6.42 Å². The maximum absolute atomic E-state index is 5.99. The molecular formula is C16H26O2S. The Morgan fingerprint density at radius 2 is 1.79 bits per heavy atom. The van der Waals surface area contributed by atoms with E-state index in [1.54, 1.807) is 7.11 Å². The molecule has 0 atom stereocenters. The fraction of sp³-hybridized carbons (Fsp3) is 0.625. The van der Waals surface area contributed by atoms with Gasteiger partial charge in [0.05, 0.1) is 13.7 Å². The molecule has 2 nitrogen and oxygen atoms in total. The van der Waals surface area contributed by atoms with E-state index in [1.807, 2.05) is 6.07 Å². The van der Waals surface area contributed by atoms with Crippen LogP contribution in [0.15, 0.2) is 18.2 Å². The Balaban J connectivity index is 2.82. The number of aryl methyl sites for hydroxylation is 1. The first-order chi connectivity index (χ1) is 9.14. The van der Waals surface area contributed by atoms with Crippen LogP contribution in [0.4, 0.5) is 0 Å². The van der Waals surface area contributed by atoms with E-state index in [2.05, 4.69) is 45.5 Å². The van der Waals surface area contributed by atoms with Gasteiger partial charge < -0.3 is 9.47 Å². The predicted molar refractivity (Wildman–Crippen MR) is 84.7 cm³/mol. The number of methoxy groups -OCH3 is 1. The molecule has 0 radical (unpaired) electrons. The molecule has 0 unspecified atom stereocenters. The van der Waals surface area contributed by atoms with Gasteiger partial charge in [-0.05, 0) is 42.7 Å². The number of benzene rings is 1. The van der Waals surface area contributed by atoms with Gasteiger partial charge in [-0.1, -0.05) is 26.8 Å². The van der Waals surface area contributed by atoms with Gasteiger partial charge in [0, 0.05) is 5.41 Å². The van der Waals surface area contributed by atoms with Crippen molar-refractivity contribution in [3.05, 3.63) is 23.8 Å². The standard InChI is InChI=1S/C16H26O2S/c1-5-13-8-9-14(15(10-13)17-4)18-11-16(6-2,7-3)12-19/h8-10,19H,5-7,11-12H2,1-4H3. The fourth-order valence-electron chi connectivity index (χ4n) is 2.01. The zero-order chi connectivity index (χ0) is 14.3. The van der Waals surface area contributed by atoms with Gasteiger partial charge in [0.15, 0.2) is 11.5 Å². The largest absolute Gasteiger partial charge is 0.493 e. The lowest BCUT2D eigenvalue weighted by Crippen LogP contribution is -2.29. The van der Waals surface area contributed by atoms with Crippen molar-refractivity contribution in [2.45, 2.75) is 40.0 Å². The summed E-state index contributed by atoms with van der Waals surface area (Å²) < 4.78 is 11.4. The van der Waals surface area contributed by atoms with Crippen molar-refractivity contribution in [2.75, 3.05) is 19.5 Å². The van der Waals surface area contributed by atoms with E-state index in [-0.39, 0.29) is 5.41 Å². The summed E-state index contributed by atoms with van der Waals surface area (Å²) in [6.07, 6.45) is 3.14. The molecule has 0 spiro atoms. The van der Waals surface area contributed by atoms with Gasteiger partial charge in [-0.2, -0.15) is 12.6 Å². The number of hydrogen-bond donors (Lipinski definition) is 1. The monoisotopic (exact) mass is 282 g/mol. The van der Waals surface area contributed by atoms with Gasteiger partial charge in [-0.3, -0.25) is 0 Å². The Labute approximate surface area is 122 Å². The smallest absolute Gasteiger partial charge is 0.161 e. The second kappa shape index (κ2) is 7.68. The summed E-state index contributed by atoms with van der Waals surface area (Å²) in [6, 6.07) is 6.15. The third kappa shape index (κ3) is 4.07. The van der Waals surface area contributed by atoms with Crippen LogP contribution in [0.5, 0.6) is 11.5 Å². The average Bonchev–Trinajstić information content (AvgIpc) is 2.49. The summed E-state index contributed by atoms with van der Waals surface area (Å²) in [4.78, 5) is 0. The fourth-order valence-corrected chi connectivity index (χ4v) is 2.54. The Kier molecular flexibility index (Phi) is 6.56. The Bertz CT molecular complexity index is 378. The summed E-state index contributed by atoms with van der Waals surface area (Å²) in [7, 11) is 1.69. The molecule has 0 fully saturated rings. The third-order valence-corrected chi connectivity index (χ3v) is 4.68. The predicted octanol–water partition coefficient (Wildman–Crippen LogP) is 4.37. The lowest BCUT2D eigenvalue weighted by Gasteiger charge is -2.29. The van der Waals surface area contributed by atoms with E-state index in [4.69, 9.17) is 9.47 Å². The Morgan fingerprint density at radius 3 is 2.26 bits per heavy atom. The SMILES string of the molecule is CCc1ccc(OCC(CC)(CC)CS)c(OC)c1. The van der Waals surface area contributed by atoms with E-state index in [1.165, 1.54) is 5.56 Å². The minimum Gasteiger partial charge on any atom is -0.493 e. The topological polar surface area (TPSA) is 18.5 Å². The minimum atomic E-state index is 0.150. The van der Waals surface area contributed by atoms with Crippen molar-refractivity contribution in [3.63, 3.8) is 0 Å². The van der Waals surface area contributed by atoms with E-state index >= 15 is 0 Å². The molecule has 0 amide bonds. The molecule has 1 aromatic carbocycles. The summed E-state index contributed by atoms with van der Waals surface area (Å²) in [5, 5.41) is 0. The Morgan fingerprint density at radius 1 is 1.11 bits per heavy atom. The van der Waals surface area contributed by atoms with Crippen LogP contribution in [0.25, 0.3) is 0 Å². The molecule has 0 heterocycles. The van der Waals surface area contributed by atoms with Gasteiger partial charge in [0.2, 0.25) is 0 Å². The van der Waals surface area contributed by atoms with Crippen molar-refractivity contribution in [1.82, 2.24) is 0 Å². The van der Waals surface area contributed by atoms with Crippen LogP contribution in [0.1, 0.15) is 39.2 Å². The van der Waals surface area contributed by atoms with E-state index in [0.717, 1.165) is 36.5 Å². The van der Waals surface area contributed by atoms with Crippen LogP contribution in [-0.4, -0.2) is 19.5 Å². The van der Waals surface area contributed by atoms with Gasteiger partial charge >= 0.3 is 0 Å². The van der Waals surface area contributed by atoms with Gasteiger partial charge in [0.25, 0.3) is 0 Å². The first kappa shape index (κ1) is 16.2. The highest BCUT2D eigenvalue weighted by Gasteiger charge is 2.26. The first-order valence-corrected chi connectivity index (χ1v) is 7.68. The molecule has 0 N–H and O–H groups in total. The molecule has 0 aliphatic rings. The Hall–Kier alpha value is -0.830. The lowest BCUT2D eigenvalue weighted by atomic mass is 9.85. The molecule has 1 aromatic rings. The number of rotatable bonds is 8. The van der Waals surface area contributed by atoms with Crippen molar-refractivity contribution >= 4 is 12.6 Å². The summed E-state index contributed by atoms with van der Waals surface area (Å²) in [5.74, 6) is 2.49. The van der Waals surface area contributed by atoms with Gasteiger partial charge in [-0.25, -0.2) is 0 Å². The highest BCUT2D eigenvalue weighted by atomic mass is 32.1. The van der Waals surface area contributed by atoms with Crippen LogP contribution >= 0.6 is 12.6 Å². The van der Waals surface area contributed by atoms with Crippen molar-refractivity contribution in [1.29, 1.82) is 0 Å². The highest BCUT2D eigenvalue weighted by molar-refractivity contribution is 7.80. The molecule has 0 aliphatic heterocycles. The molecule has 0 saturated heterocycles. The number of thiol groups is 1. The van der Waals surface area contributed by atoms with Crippen molar-refractivity contribution < 1.29 is 9.47 Å².